The predicted octanol–water partition coefficient (Wildman–Crippen LogP) is 2.44. The SMILES string of the molecule is CS(=O)(=O)NC1CCN(c2nc3ncc(Sc4cccnc4C(F)(F)F)nc3[nH]2)CC1. The second-order valence-electron chi connectivity index (χ2n) is 7.04. The molecule has 0 aromatic carbocycles. The fourth-order valence-electron chi connectivity index (χ4n) is 3.28. The second kappa shape index (κ2) is 8.24. The number of aromatic amines is 1. The molecule has 0 saturated carbocycles. The molecule has 166 valence electrons. The molecule has 1 aliphatic heterocycles. The summed E-state index contributed by atoms with van der Waals surface area (Å²) in [5.41, 5.74) is -0.274. The molecule has 3 aromatic heterocycles. The van der Waals surface area contributed by atoms with Crippen LogP contribution in [-0.2, 0) is 16.2 Å². The maximum absolute atomic E-state index is 13.2. The molecule has 0 amide bonds. The van der Waals surface area contributed by atoms with Crippen LogP contribution < -0.4 is 9.62 Å². The molecule has 0 unspecified atom stereocenters. The van der Waals surface area contributed by atoms with E-state index < -0.39 is 21.9 Å². The Balaban J connectivity index is 1.50. The standard InChI is InChI=1S/C17H18F3N7O2S2/c1-31(28,29)26-10-4-7-27(8-5-10)16-24-14-15(25-16)23-12(9-22-14)30-11-3-2-6-21-13(11)17(18,19)20/h2-3,6,9-10,26H,4-5,7-8H2,1H3,(H,22,23,24,25). The number of halogens is 3. The number of hydrogen-bond donors (Lipinski definition) is 2. The van der Waals surface area contributed by atoms with Gasteiger partial charge in [0.15, 0.2) is 17.0 Å². The van der Waals surface area contributed by atoms with Crippen LogP contribution in [0.4, 0.5) is 19.1 Å². The van der Waals surface area contributed by atoms with Gasteiger partial charge in [-0.15, -0.1) is 0 Å². The lowest BCUT2D eigenvalue weighted by Crippen LogP contribution is -2.44. The Hall–Kier alpha value is -2.45. The Kier molecular flexibility index (Phi) is 5.79. The van der Waals surface area contributed by atoms with Gasteiger partial charge in [-0.1, -0.05) is 11.8 Å². The normalized spacial score (nSPS) is 16.2. The molecule has 1 saturated heterocycles. The van der Waals surface area contributed by atoms with Crippen molar-refractivity contribution in [2.45, 2.75) is 35.0 Å². The van der Waals surface area contributed by atoms with Crippen LogP contribution in [0, 0.1) is 0 Å². The fraction of sp³-hybridized carbons (Fsp3) is 0.412. The minimum atomic E-state index is -4.57. The Labute approximate surface area is 179 Å². The van der Waals surface area contributed by atoms with Gasteiger partial charge >= 0.3 is 6.18 Å². The molecular weight excluding hydrogens is 455 g/mol. The predicted molar refractivity (Wildman–Crippen MR) is 108 cm³/mol. The van der Waals surface area contributed by atoms with Gasteiger partial charge in [-0.3, -0.25) is 4.98 Å². The first-order valence-corrected chi connectivity index (χ1v) is 11.9. The molecular formula is C17H18F3N7O2S2. The van der Waals surface area contributed by atoms with E-state index >= 15 is 0 Å². The molecule has 14 heteroatoms. The van der Waals surface area contributed by atoms with E-state index in [4.69, 9.17) is 0 Å². The van der Waals surface area contributed by atoms with Gasteiger partial charge in [-0.05, 0) is 25.0 Å². The smallest absolute Gasteiger partial charge is 0.342 e. The highest BCUT2D eigenvalue weighted by atomic mass is 32.2. The molecule has 2 N–H and O–H groups in total. The molecule has 9 nitrogen and oxygen atoms in total. The van der Waals surface area contributed by atoms with E-state index in [2.05, 4.69) is 29.6 Å². The summed E-state index contributed by atoms with van der Waals surface area (Å²) in [6.45, 7) is 1.17. The number of piperidine rings is 1. The average Bonchev–Trinajstić information content (AvgIpc) is 3.10. The fourth-order valence-corrected chi connectivity index (χ4v) is 5.00. The summed E-state index contributed by atoms with van der Waals surface area (Å²) in [5.74, 6) is 0.535. The quantitative estimate of drug-likeness (QED) is 0.580. The minimum Gasteiger partial charge on any atom is -0.342 e. The van der Waals surface area contributed by atoms with Crippen molar-refractivity contribution in [3.05, 3.63) is 30.2 Å². The average molecular weight is 474 g/mol. The maximum atomic E-state index is 13.2. The zero-order valence-corrected chi connectivity index (χ0v) is 17.9. The van der Waals surface area contributed by atoms with E-state index in [1.165, 1.54) is 18.3 Å². The van der Waals surface area contributed by atoms with Crippen LogP contribution in [0.3, 0.4) is 0 Å². The van der Waals surface area contributed by atoms with Crippen LogP contribution in [-0.4, -0.2) is 58.7 Å². The Bertz CT molecular complexity index is 1190. The number of fused-ring (bicyclic) bond motifs is 1. The molecule has 0 aliphatic carbocycles. The molecule has 0 atom stereocenters. The maximum Gasteiger partial charge on any atom is 0.434 e. The van der Waals surface area contributed by atoms with Crippen molar-refractivity contribution < 1.29 is 21.6 Å². The highest BCUT2D eigenvalue weighted by molar-refractivity contribution is 7.99. The van der Waals surface area contributed by atoms with E-state index in [0.717, 1.165) is 24.2 Å². The van der Waals surface area contributed by atoms with E-state index in [-0.39, 0.29) is 16.0 Å². The van der Waals surface area contributed by atoms with Crippen LogP contribution >= 0.6 is 11.8 Å². The summed E-state index contributed by atoms with van der Waals surface area (Å²) in [4.78, 5) is 21.3. The number of rotatable bonds is 5. The van der Waals surface area contributed by atoms with Crippen molar-refractivity contribution in [1.82, 2.24) is 29.6 Å². The summed E-state index contributed by atoms with van der Waals surface area (Å²) in [7, 11) is -3.26. The molecule has 4 heterocycles. The number of hydrogen-bond acceptors (Lipinski definition) is 8. The lowest BCUT2D eigenvalue weighted by atomic mass is 10.1. The van der Waals surface area contributed by atoms with Gasteiger partial charge in [-0.2, -0.15) is 18.2 Å². The van der Waals surface area contributed by atoms with Crippen molar-refractivity contribution in [2.75, 3.05) is 24.2 Å². The molecule has 0 radical (unpaired) electrons. The van der Waals surface area contributed by atoms with Crippen molar-refractivity contribution in [3.63, 3.8) is 0 Å². The third-order valence-corrected chi connectivity index (χ3v) is 6.32. The van der Waals surface area contributed by atoms with Crippen molar-refractivity contribution in [2.24, 2.45) is 0 Å². The van der Waals surface area contributed by atoms with E-state index in [0.29, 0.717) is 43.2 Å². The Morgan fingerprint density at radius 2 is 1.97 bits per heavy atom. The molecule has 31 heavy (non-hydrogen) atoms. The van der Waals surface area contributed by atoms with E-state index in [1.807, 2.05) is 4.90 Å². The molecule has 0 bridgehead atoms. The number of H-pyrrole nitrogens is 1. The van der Waals surface area contributed by atoms with Gasteiger partial charge in [0.1, 0.15) is 5.03 Å². The largest absolute Gasteiger partial charge is 0.434 e. The van der Waals surface area contributed by atoms with Gasteiger partial charge in [0.05, 0.1) is 12.5 Å². The van der Waals surface area contributed by atoms with E-state index in [9.17, 15) is 21.6 Å². The molecule has 0 spiro atoms. The third-order valence-electron chi connectivity index (χ3n) is 4.60. The number of sulfonamides is 1. The number of aromatic nitrogens is 5. The lowest BCUT2D eigenvalue weighted by molar-refractivity contribution is -0.143. The highest BCUT2D eigenvalue weighted by Crippen LogP contribution is 2.37. The Morgan fingerprint density at radius 1 is 1.23 bits per heavy atom. The minimum absolute atomic E-state index is 0.0659. The topological polar surface area (TPSA) is 117 Å². The first-order valence-electron chi connectivity index (χ1n) is 9.23. The number of nitrogens with one attached hydrogen (secondary N) is 2. The van der Waals surface area contributed by atoms with Gasteiger partial charge in [0.25, 0.3) is 0 Å². The summed E-state index contributed by atoms with van der Waals surface area (Å²) in [6, 6.07) is 2.64. The summed E-state index contributed by atoms with van der Waals surface area (Å²) in [6.07, 6.45) is 0.264. The highest BCUT2D eigenvalue weighted by Gasteiger charge is 2.35. The summed E-state index contributed by atoms with van der Waals surface area (Å²) in [5, 5.41) is 0.275. The van der Waals surface area contributed by atoms with Crippen LogP contribution in [0.2, 0.25) is 0 Å². The molecule has 1 aliphatic rings. The van der Waals surface area contributed by atoms with Gasteiger partial charge in [-0.25, -0.2) is 23.1 Å². The lowest BCUT2D eigenvalue weighted by Gasteiger charge is -2.31. The first kappa shape index (κ1) is 21.8. The zero-order chi connectivity index (χ0) is 22.2. The number of nitrogens with zero attached hydrogens (tertiary/aromatic N) is 5. The summed E-state index contributed by atoms with van der Waals surface area (Å²) >= 11 is 0.824. The third kappa shape index (κ3) is 5.25. The summed E-state index contributed by atoms with van der Waals surface area (Å²) < 4.78 is 64.8. The van der Waals surface area contributed by atoms with E-state index in [1.54, 1.807) is 0 Å². The molecule has 1 fully saturated rings. The van der Waals surface area contributed by atoms with Crippen molar-refractivity contribution >= 4 is 39.0 Å². The van der Waals surface area contributed by atoms with Crippen LogP contribution in [0.15, 0.2) is 34.4 Å². The molecule has 3 aromatic rings. The number of alkyl halides is 3. The molecule has 4 rings (SSSR count). The Morgan fingerprint density at radius 3 is 2.65 bits per heavy atom. The van der Waals surface area contributed by atoms with Crippen LogP contribution in [0.5, 0.6) is 0 Å². The number of anilines is 1. The monoisotopic (exact) mass is 473 g/mol. The van der Waals surface area contributed by atoms with Crippen LogP contribution in [0.25, 0.3) is 11.3 Å². The van der Waals surface area contributed by atoms with Crippen LogP contribution in [0.1, 0.15) is 18.5 Å². The zero-order valence-electron chi connectivity index (χ0n) is 16.2. The first-order chi connectivity index (χ1) is 14.6. The van der Waals surface area contributed by atoms with Crippen molar-refractivity contribution in [1.29, 1.82) is 0 Å². The number of pyridine rings is 1. The van der Waals surface area contributed by atoms with Gasteiger partial charge in [0.2, 0.25) is 16.0 Å². The second-order valence-corrected chi connectivity index (χ2v) is 9.88. The van der Waals surface area contributed by atoms with Crippen molar-refractivity contribution in [3.8, 4) is 0 Å². The van der Waals surface area contributed by atoms with Gasteiger partial charge < -0.3 is 9.88 Å². The van der Waals surface area contributed by atoms with Gasteiger partial charge in [0, 0.05) is 30.2 Å². The number of imidazole rings is 1.